The fourth-order valence-corrected chi connectivity index (χ4v) is 6.30. The molecule has 3 aliphatic carbocycles. The van der Waals surface area contributed by atoms with Gasteiger partial charge in [-0.15, -0.1) is 0 Å². The van der Waals surface area contributed by atoms with E-state index in [1.807, 2.05) is 13.0 Å². The van der Waals surface area contributed by atoms with E-state index in [0.717, 1.165) is 38.0 Å². The molecule has 7 heteroatoms. The number of carbonyl (C=O) groups excluding carboxylic acids is 2. The maximum Gasteiger partial charge on any atom is 0.224 e. The lowest BCUT2D eigenvalue weighted by Gasteiger charge is -2.26. The number of nitrogens with one attached hydrogen (secondary N) is 2. The average molecular weight is 427 g/mol. The molecule has 0 aromatic carbocycles. The Morgan fingerprint density at radius 3 is 2.39 bits per heavy atom. The van der Waals surface area contributed by atoms with Crippen molar-refractivity contribution in [3.8, 4) is 0 Å². The maximum atomic E-state index is 13.2. The van der Waals surface area contributed by atoms with Gasteiger partial charge < -0.3 is 20.1 Å². The number of hydrogen-bond donors (Lipinski definition) is 2. The third-order valence-corrected chi connectivity index (χ3v) is 7.97. The van der Waals surface area contributed by atoms with E-state index in [1.165, 1.54) is 25.9 Å². The Bertz CT molecular complexity index is 853. The SMILES string of the molecule is Cc1cc(CNC(=O)[C@H]2[C@H](C(=O)NCCCCN3CCCC3)[C@H]3C=C[C@@H]2C32CC2)no1. The van der Waals surface area contributed by atoms with Crippen molar-refractivity contribution in [3.63, 3.8) is 0 Å². The summed E-state index contributed by atoms with van der Waals surface area (Å²) in [6.07, 6.45) is 11.4. The fraction of sp³-hybridized carbons (Fsp3) is 0.708. The highest BCUT2D eigenvalue weighted by Gasteiger charge is 2.69. The predicted octanol–water partition coefficient (Wildman–Crippen LogP) is 2.42. The topological polar surface area (TPSA) is 87.5 Å². The second-order valence-electron chi connectivity index (χ2n) is 9.91. The van der Waals surface area contributed by atoms with Crippen molar-refractivity contribution in [1.29, 1.82) is 0 Å². The van der Waals surface area contributed by atoms with E-state index in [-0.39, 0.29) is 40.9 Å². The van der Waals surface area contributed by atoms with Crippen molar-refractivity contribution in [3.05, 3.63) is 29.7 Å². The molecule has 5 rings (SSSR count). The summed E-state index contributed by atoms with van der Waals surface area (Å²) >= 11 is 0. The van der Waals surface area contributed by atoms with Gasteiger partial charge >= 0.3 is 0 Å². The molecule has 1 saturated heterocycles. The molecule has 2 saturated carbocycles. The zero-order valence-electron chi connectivity index (χ0n) is 18.4. The van der Waals surface area contributed by atoms with Crippen LogP contribution in [-0.2, 0) is 16.1 Å². The Kier molecular flexibility index (Phi) is 5.63. The Hall–Kier alpha value is -2.15. The zero-order chi connectivity index (χ0) is 21.4. The lowest BCUT2D eigenvalue weighted by Crippen LogP contribution is -2.44. The summed E-state index contributed by atoms with van der Waals surface area (Å²) in [5.41, 5.74) is 0.870. The number of unbranched alkanes of at least 4 members (excludes halogenated alkanes) is 1. The van der Waals surface area contributed by atoms with E-state index >= 15 is 0 Å². The third-order valence-electron chi connectivity index (χ3n) is 7.97. The van der Waals surface area contributed by atoms with Gasteiger partial charge in [0.2, 0.25) is 11.8 Å². The van der Waals surface area contributed by atoms with E-state index in [0.29, 0.717) is 18.8 Å². The van der Waals surface area contributed by atoms with Gasteiger partial charge in [0.05, 0.1) is 18.4 Å². The number of carbonyl (C=O) groups is 2. The second kappa shape index (κ2) is 8.41. The lowest BCUT2D eigenvalue weighted by molar-refractivity contribution is -0.135. The summed E-state index contributed by atoms with van der Waals surface area (Å²) < 4.78 is 5.09. The average Bonchev–Trinajstić information content (AvgIpc) is 3.06. The number of nitrogens with zero attached hydrogens (tertiary/aromatic N) is 2. The van der Waals surface area contributed by atoms with Crippen molar-refractivity contribution in [2.45, 2.75) is 52.0 Å². The predicted molar refractivity (Wildman–Crippen MR) is 116 cm³/mol. The molecular weight excluding hydrogens is 392 g/mol. The van der Waals surface area contributed by atoms with Crippen LogP contribution in [0.2, 0.25) is 0 Å². The first-order chi connectivity index (χ1) is 15.1. The highest BCUT2D eigenvalue weighted by atomic mass is 16.5. The number of likely N-dealkylation sites (tertiary alicyclic amines) is 1. The second-order valence-corrected chi connectivity index (χ2v) is 9.91. The standard InChI is InChI=1S/C24H34N4O3/c1-16-14-17(27-31-16)15-26-23(30)21-19-7-6-18(24(19)8-9-24)20(21)22(29)25-10-2-3-11-28-12-4-5-13-28/h6-7,14,18-21H,2-5,8-13,15H2,1H3,(H,25,29)(H,26,30)/t18-,19+,20-,21-/m1/s1. The van der Waals surface area contributed by atoms with Crippen LogP contribution in [0.1, 0.15) is 50.0 Å². The number of hydrogen-bond acceptors (Lipinski definition) is 5. The van der Waals surface area contributed by atoms with Crippen molar-refractivity contribution < 1.29 is 14.1 Å². The third kappa shape index (κ3) is 3.93. The molecule has 7 nitrogen and oxygen atoms in total. The van der Waals surface area contributed by atoms with Crippen LogP contribution in [0.3, 0.4) is 0 Å². The first kappa shape index (κ1) is 20.7. The van der Waals surface area contributed by atoms with Crippen LogP contribution in [0.5, 0.6) is 0 Å². The summed E-state index contributed by atoms with van der Waals surface area (Å²) in [4.78, 5) is 28.9. The van der Waals surface area contributed by atoms with E-state index in [4.69, 9.17) is 4.52 Å². The molecule has 4 aliphatic rings. The Balaban J connectivity index is 1.17. The quantitative estimate of drug-likeness (QED) is 0.468. The van der Waals surface area contributed by atoms with Crippen molar-refractivity contribution in [2.75, 3.05) is 26.2 Å². The van der Waals surface area contributed by atoms with E-state index in [2.05, 4.69) is 32.8 Å². The molecule has 31 heavy (non-hydrogen) atoms. The largest absolute Gasteiger partial charge is 0.361 e. The van der Waals surface area contributed by atoms with Crippen LogP contribution in [0.15, 0.2) is 22.7 Å². The Morgan fingerprint density at radius 2 is 1.77 bits per heavy atom. The van der Waals surface area contributed by atoms with Gasteiger partial charge in [0, 0.05) is 12.6 Å². The normalized spacial score (nSPS) is 30.2. The molecule has 2 N–H and O–H groups in total. The minimum Gasteiger partial charge on any atom is -0.361 e. The van der Waals surface area contributed by atoms with E-state index in [9.17, 15) is 9.59 Å². The summed E-state index contributed by atoms with van der Waals surface area (Å²) in [7, 11) is 0. The molecule has 0 unspecified atom stereocenters. The van der Waals surface area contributed by atoms with Gasteiger partial charge in [0.15, 0.2) is 0 Å². The van der Waals surface area contributed by atoms with Crippen molar-refractivity contribution in [2.24, 2.45) is 29.1 Å². The van der Waals surface area contributed by atoms with Crippen molar-refractivity contribution >= 4 is 11.8 Å². The fourth-order valence-electron chi connectivity index (χ4n) is 6.30. The first-order valence-electron chi connectivity index (χ1n) is 12.0. The van der Waals surface area contributed by atoms with Gasteiger partial charge in [-0.25, -0.2) is 0 Å². The minimum atomic E-state index is -0.282. The molecule has 168 valence electrons. The smallest absolute Gasteiger partial charge is 0.224 e. The van der Waals surface area contributed by atoms with Crippen LogP contribution in [0.25, 0.3) is 0 Å². The molecule has 3 fully saturated rings. The first-order valence-corrected chi connectivity index (χ1v) is 12.0. The molecule has 2 heterocycles. The van der Waals surface area contributed by atoms with Gasteiger partial charge in [0.25, 0.3) is 0 Å². The zero-order valence-corrected chi connectivity index (χ0v) is 18.4. The molecular formula is C24H34N4O3. The molecule has 1 spiro atoms. The van der Waals surface area contributed by atoms with Crippen LogP contribution in [-0.4, -0.2) is 48.0 Å². The number of aryl methyl sites for hydroxylation is 1. The van der Waals surface area contributed by atoms with Crippen LogP contribution >= 0.6 is 0 Å². The summed E-state index contributed by atoms with van der Waals surface area (Å²) in [5.74, 6) is 0.602. The molecule has 0 radical (unpaired) electrons. The van der Waals surface area contributed by atoms with Gasteiger partial charge in [-0.2, -0.15) is 0 Å². The summed E-state index contributed by atoms with van der Waals surface area (Å²) in [5, 5.41) is 10.1. The Labute approximate surface area is 184 Å². The highest BCUT2D eigenvalue weighted by Crippen LogP contribution is 2.72. The van der Waals surface area contributed by atoms with Crippen LogP contribution in [0.4, 0.5) is 0 Å². The van der Waals surface area contributed by atoms with Gasteiger partial charge in [-0.05, 0) is 82.3 Å². The Morgan fingerprint density at radius 1 is 1.10 bits per heavy atom. The van der Waals surface area contributed by atoms with E-state index < -0.39 is 0 Å². The van der Waals surface area contributed by atoms with Crippen molar-refractivity contribution in [1.82, 2.24) is 20.7 Å². The van der Waals surface area contributed by atoms with E-state index in [1.54, 1.807) is 0 Å². The number of allylic oxidation sites excluding steroid dienone is 2. The van der Waals surface area contributed by atoms with Crippen LogP contribution < -0.4 is 10.6 Å². The van der Waals surface area contributed by atoms with Gasteiger partial charge in [-0.1, -0.05) is 17.3 Å². The molecule has 1 aliphatic heterocycles. The summed E-state index contributed by atoms with van der Waals surface area (Å²) in [6.45, 7) is 6.44. The molecule has 2 amide bonds. The van der Waals surface area contributed by atoms with Gasteiger partial charge in [0.1, 0.15) is 11.5 Å². The molecule has 2 bridgehead atoms. The number of aromatic nitrogens is 1. The maximum absolute atomic E-state index is 13.2. The molecule has 4 atom stereocenters. The molecule has 1 aromatic rings. The molecule has 1 aromatic heterocycles. The van der Waals surface area contributed by atoms with Crippen LogP contribution in [0, 0.1) is 36.0 Å². The number of amides is 2. The van der Waals surface area contributed by atoms with Gasteiger partial charge in [-0.3, -0.25) is 9.59 Å². The number of rotatable bonds is 9. The minimum absolute atomic E-state index is 0.0297. The monoisotopic (exact) mass is 426 g/mol. The summed E-state index contributed by atoms with van der Waals surface area (Å²) in [6, 6.07) is 1.83. The lowest BCUT2D eigenvalue weighted by atomic mass is 9.81. The highest BCUT2D eigenvalue weighted by molar-refractivity contribution is 5.90.